The van der Waals surface area contributed by atoms with Crippen LogP contribution in [0.4, 0.5) is 0 Å². The molecule has 0 saturated carbocycles. The molecule has 7 heteroatoms. The lowest BCUT2D eigenvalue weighted by atomic mass is 10.0. The van der Waals surface area contributed by atoms with Crippen LogP contribution in [-0.4, -0.2) is 78.1 Å². The van der Waals surface area contributed by atoms with Crippen LogP contribution in [-0.2, 0) is 17.8 Å². The summed E-state index contributed by atoms with van der Waals surface area (Å²) in [5.41, 5.74) is 3.06. The third-order valence-electron chi connectivity index (χ3n) is 6.66. The van der Waals surface area contributed by atoms with Gasteiger partial charge in [-0.25, -0.2) is 4.98 Å². The van der Waals surface area contributed by atoms with Gasteiger partial charge in [0.1, 0.15) is 6.26 Å². The van der Waals surface area contributed by atoms with Gasteiger partial charge < -0.3 is 14.1 Å². The molecule has 0 unspecified atom stereocenters. The summed E-state index contributed by atoms with van der Waals surface area (Å²) in [6.07, 6.45) is 4.87. The molecule has 0 atom stereocenters. The molecule has 0 spiro atoms. The number of oxazole rings is 1. The molecule has 180 valence electrons. The van der Waals surface area contributed by atoms with Crippen molar-refractivity contribution < 1.29 is 13.9 Å². The monoisotopic (exact) mass is 454 g/mol. The molecule has 2 saturated heterocycles. The first-order chi connectivity index (χ1) is 16.1. The number of carbonyl (C=O) groups excluding carboxylic acids is 1. The van der Waals surface area contributed by atoms with E-state index in [-0.39, 0.29) is 5.91 Å². The molecule has 4 rings (SSSR count). The van der Waals surface area contributed by atoms with Crippen molar-refractivity contribution in [1.29, 1.82) is 0 Å². The molecule has 7 nitrogen and oxygen atoms in total. The van der Waals surface area contributed by atoms with Crippen LogP contribution < -0.4 is 0 Å². The lowest BCUT2D eigenvalue weighted by Gasteiger charge is -2.29. The van der Waals surface area contributed by atoms with E-state index in [1.54, 1.807) is 0 Å². The van der Waals surface area contributed by atoms with Crippen LogP contribution in [0.1, 0.15) is 66.5 Å². The van der Waals surface area contributed by atoms with Gasteiger partial charge in [0.05, 0.1) is 19.8 Å². The molecule has 1 aromatic carbocycles. The molecule has 1 aromatic heterocycles. The fourth-order valence-corrected chi connectivity index (χ4v) is 4.52. The van der Waals surface area contributed by atoms with E-state index in [4.69, 9.17) is 9.15 Å². The predicted molar refractivity (Wildman–Crippen MR) is 128 cm³/mol. The van der Waals surface area contributed by atoms with E-state index in [9.17, 15) is 4.79 Å². The lowest BCUT2D eigenvalue weighted by Crippen LogP contribution is -2.41. The Balaban J connectivity index is 1.41. The average molecular weight is 455 g/mol. The van der Waals surface area contributed by atoms with Gasteiger partial charge in [-0.05, 0) is 36.3 Å². The molecule has 2 aliphatic heterocycles. The largest absolute Gasteiger partial charge is 0.447 e. The number of aromatic nitrogens is 1. The Bertz CT molecular complexity index is 868. The Labute approximate surface area is 197 Å². The van der Waals surface area contributed by atoms with Crippen molar-refractivity contribution >= 4 is 5.91 Å². The smallest absolute Gasteiger partial charge is 0.275 e. The fraction of sp³-hybridized carbons (Fsp3) is 0.615. The van der Waals surface area contributed by atoms with Crippen molar-refractivity contribution in [2.24, 2.45) is 0 Å². The zero-order chi connectivity index (χ0) is 23.0. The Morgan fingerprint density at radius 2 is 1.76 bits per heavy atom. The number of benzene rings is 1. The quantitative estimate of drug-likeness (QED) is 0.575. The number of hydrogen-bond acceptors (Lipinski definition) is 6. The molecule has 0 aliphatic carbocycles. The summed E-state index contributed by atoms with van der Waals surface area (Å²) in [6.45, 7) is 12.9. The van der Waals surface area contributed by atoms with Crippen molar-refractivity contribution in [3.8, 4) is 0 Å². The van der Waals surface area contributed by atoms with Crippen LogP contribution in [0.15, 0.2) is 34.9 Å². The summed E-state index contributed by atoms with van der Waals surface area (Å²) in [7, 11) is 0. The Morgan fingerprint density at radius 3 is 2.45 bits per heavy atom. The zero-order valence-corrected chi connectivity index (χ0v) is 20.2. The third-order valence-corrected chi connectivity index (χ3v) is 6.66. The van der Waals surface area contributed by atoms with Crippen LogP contribution in [0.5, 0.6) is 0 Å². The number of nitrogens with zero attached hydrogens (tertiary/aromatic N) is 4. The van der Waals surface area contributed by atoms with Gasteiger partial charge in [-0.15, -0.1) is 0 Å². The number of morpholine rings is 1. The summed E-state index contributed by atoms with van der Waals surface area (Å²) in [5.74, 6) is 1.13. The van der Waals surface area contributed by atoms with Gasteiger partial charge in [-0.3, -0.25) is 14.6 Å². The third kappa shape index (κ3) is 6.88. The number of hydrogen-bond donors (Lipinski definition) is 0. The molecule has 33 heavy (non-hydrogen) atoms. The minimum Gasteiger partial charge on any atom is -0.447 e. The Morgan fingerprint density at radius 1 is 1.03 bits per heavy atom. The summed E-state index contributed by atoms with van der Waals surface area (Å²) in [5, 5.41) is 0. The summed E-state index contributed by atoms with van der Waals surface area (Å²) >= 11 is 0. The number of ether oxygens (including phenoxy) is 1. The van der Waals surface area contributed by atoms with Crippen molar-refractivity contribution in [2.75, 3.05) is 52.5 Å². The van der Waals surface area contributed by atoms with Crippen LogP contribution >= 0.6 is 0 Å². The maximum absolute atomic E-state index is 12.8. The predicted octanol–water partition coefficient (Wildman–Crippen LogP) is 3.76. The SMILES string of the molecule is CC(C)c1ccc(CN(CCN2CCOCC2)Cc2nc(C(=O)N3CCCCC3)co2)cc1. The molecule has 2 aromatic rings. The van der Waals surface area contributed by atoms with Crippen LogP contribution in [0.3, 0.4) is 0 Å². The maximum Gasteiger partial charge on any atom is 0.275 e. The second-order valence-electron chi connectivity index (χ2n) is 9.54. The average Bonchev–Trinajstić information content (AvgIpc) is 3.32. The Hall–Kier alpha value is -2.22. The first kappa shape index (κ1) is 23.9. The number of rotatable bonds is 9. The minimum atomic E-state index is -0.00570. The van der Waals surface area contributed by atoms with E-state index in [1.165, 1.54) is 23.8 Å². The second kappa shape index (κ2) is 11.8. The summed E-state index contributed by atoms with van der Waals surface area (Å²) < 4.78 is 11.2. The van der Waals surface area contributed by atoms with Crippen LogP contribution in [0.25, 0.3) is 0 Å². The highest BCUT2D eigenvalue weighted by molar-refractivity contribution is 5.92. The lowest BCUT2D eigenvalue weighted by molar-refractivity contribution is 0.0320. The van der Waals surface area contributed by atoms with Crippen molar-refractivity contribution in [3.05, 3.63) is 53.2 Å². The molecule has 0 bridgehead atoms. The molecular formula is C26H38N4O3. The molecule has 1 amide bonds. The van der Waals surface area contributed by atoms with Gasteiger partial charge in [0, 0.05) is 45.8 Å². The van der Waals surface area contributed by atoms with E-state index in [2.05, 4.69) is 52.9 Å². The van der Waals surface area contributed by atoms with E-state index in [1.807, 2.05) is 4.90 Å². The van der Waals surface area contributed by atoms with Gasteiger partial charge in [0.2, 0.25) is 5.89 Å². The standard InChI is InChI=1S/C26H38N4O3/c1-21(2)23-8-6-22(7-9-23)18-29(13-12-28-14-16-32-17-15-28)19-25-27-24(20-33-25)26(31)30-10-4-3-5-11-30/h6-9,20-21H,3-5,10-19H2,1-2H3. The minimum absolute atomic E-state index is 0.00570. The summed E-state index contributed by atoms with van der Waals surface area (Å²) in [6, 6.07) is 8.89. The zero-order valence-electron chi connectivity index (χ0n) is 20.2. The van der Waals surface area contributed by atoms with E-state index in [0.717, 1.165) is 71.9 Å². The normalized spacial score (nSPS) is 17.8. The highest BCUT2D eigenvalue weighted by Crippen LogP contribution is 2.18. The van der Waals surface area contributed by atoms with E-state index >= 15 is 0 Å². The summed E-state index contributed by atoms with van der Waals surface area (Å²) in [4.78, 5) is 24.1. The number of amides is 1. The second-order valence-corrected chi connectivity index (χ2v) is 9.54. The molecule has 0 radical (unpaired) electrons. The fourth-order valence-electron chi connectivity index (χ4n) is 4.52. The molecule has 0 N–H and O–H groups in total. The molecule has 2 aliphatic rings. The highest BCUT2D eigenvalue weighted by Gasteiger charge is 2.22. The topological polar surface area (TPSA) is 62.1 Å². The number of carbonyl (C=O) groups is 1. The molecule has 3 heterocycles. The molecule has 2 fully saturated rings. The van der Waals surface area contributed by atoms with Gasteiger partial charge >= 0.3 is 0 Å². The van der Waals surface area contributed by atoms with Gasteiger partial charge in [-0.1, -0.05) is 38.1 Å². The van der Waals surface area contributed by atoms with Crippen molar-refractivity contribution in [1.82, 2.24) is 19.7 Å². The first-order valence-corrected chi connectivity index (χ1v) is 12.4. The van der Waals surface area contributed by atoms with E-state index in [0.29, 0.717) is 24.0 Å². The van der Waals surface area contributed by atoms with Crippen molar-refractivity contribution in [2.45, 2.75) is 52.1 Å². The van der Waals surface area contributed by atoms with E-state index < -0.39 is 0 Å². The highest BCUT2D eigenvalue weighted by atomic mass is 16.5. The van der Waals surface area contributed by atoms with Gasteiger partial charge in [-0.2, -0.15) is 0 Å². The maximum atomic E-state index is 12.8. The number of likely N-dealkylation sites (tertiary alicyclic amines) is 1. The van der Waals surface area contributed by atoms with Gasteiger partial charge in [0.25, 0.3) is 5.91 Å². The first-order valence-electron chi connectivity index (χ1n) is 12.4. The van der Waals surface area contributed by atoms with Gasteiger partial charge in [0.15, 0.2) is 5.69 Å². The van der Waals surface area contributed by atoms with Crippen molar-refractivity contribution in [3.63, 3.8) is 0 Å². The Kier molecular flexibility index (Phi) is 8.53. The van der Waals surface area contributed by atoms with Crippen LogP contribution in [0.2, 0.25) is 0 Å². The van der Waals surface area contributed by atoms with Crippen LogP contribution in [0, 0.1) is 0 Å². The number of piperidine rings is 1. The molecular weight excluding hydrogens is 416 g/mol.